The Hall–Kier alpha value is -3.30. The molecular formula is C20H23N3O7. The van der Waals surface area contributed by atoms with Crippen molar-refractivity contribution in [3.8, 4) is 0 Å². The zero-order valence-electron chi connectivity index (χ0n) is 16.8. The van der Waals surface area contributed by atoms with Gasteiger partial charge in [0.1, 0.15) is 12.2 Å². The quantitative estimate of drug-likeness (QED) is 0.323. The van der Waals surface area contributed by atoms with E-state index in [4.69, 9.17) is 4.74 Å². The molecule has 2 fully saturated rings. The monoisotopic (exact) mass is 417 g/mol. The highest BCUT2D eigenvalue weighted by Crippen LogP contribution is 2.37. The van der Waals surface area contributed by atoms with Gasteiger partial charge in [0.2, 0.25) is 11.8 Å². The van der Waals surface area contributed by atoms with Crippen molar-refractivity contribution in [2.45, 2.75) is 39.5 Å². The Labute approximate surface area is 172 Å². The van der Waals surface area contributed by atoms with Crippen LogP contribution in [0.25, 0.3) is 0 Å². The number of carbonyl (C=O) groups excluding carboxylic acids is 4. The van der Waals surface area contributed by atoms with Crippen molar-refractivity contribution < 1.29 is 28.8 Å². The molecule has 30 heavy (non-hydrogen) atoms. The minimum Gasteiger partial charge on any atom is -0.454 e. The third-order valence-electron chi connectivity index (χ3n) is 5.67. The summed E-state index contributed by atoms with van der Waals surface area (Å²) in [7, 11) is 0. The highest BCUT2D eigenvalue weighted by atomic mass is 16.6. The predicted octanol–water partition coefficient (Wildman–Crippen LogP) is 1.87. The fourth-order valence-corrected chi connectivity index (χ4v) is 3.95. The van der Waals surface area contributed by atoms with Gasteiger partial charge < -0.3 is 10.1 Å². The van der Waals surface area contributed by atoms with Crippen molar-refractivity contribution in [2.24, 2.45) is 11.8 Å². The zero-order chi connectivity index (χ0) is 22.0. The minimum atomic E-state index is -0.889. The van der Waals surface area contributed by atoms with Crippen LogP contribution in [-0.2, 0) is 23.9 Å². The molecule has 10 nitrogen and oxygen atoms in total. The number of hydrogen-bond donors (Lipinski definition) is 1. The molecule has 1 saturated heterocycles. The van der Waals surface area contributed by atoms with Crippen molar-refractivity contribution in [3.63, 3.8) is 0 Å². The van der Waals surface area contributed by atoms with Crippen LogP contribution in [0.4, 0.5) is 11.4 Å². The van der Waals surface area contributed by atoms with Crippen LogP contribution in [0, 0.1) is 35.8 Å². The largest absolute Gasteiger partial charge is 0.454 e. The Morgan fingerprint density at radius 1 is 1.13 bits per heavy atom. The summed E-state index contributed by atoms with van der Waals surface area (Å²) < 4.78 is 4.88. The summed E-state index contributed by atoms with van der Waals surface area (Å²) >= 11 is 0. The van der Waals surface area contributed by atoms with Crippen molar-refractivity contribution in [2.75, 3.05) is 18.5 Å². The first kappa shape index (κ1) is 21.4. The summed E-state index contributed by atoms with van der Waals surface area (Å²) in [5, 5.41) is 13.6. The predicted molar refractivity (Wildman–Crippen MR) is 104 cm³/mol. The van der Waals surface area contributed by atoms with Crippen LogP contribution in [0.5, 0.6) is 0 Å². The van der Waals surface area contributed by atoms with E-state index in [9.17, 15) is 29.3 Å². The van der Waals surface area contributed by atoms with E-state index in [0.717, 1.165) is 23.3 Å². The van der Waals surface area contributed by atoms with Crippen LogP contribution in [0.15, 0.2) is 12.1 Å². The number of esters is 1. The first-order chi connectivity index (χ1) is 14.2. The molecule has 0 bridgehead atoms. The highest BCUT2D eigenvalue weighted by molar-refractivity contribution is 6.07. The average molecular weight is 417 g/mol. The summed E-state index contributed by atoms with van der Waals surface area (Å²) in [4.78, 5) is 60.4. The maximum absolute atomic E-state index is 12.4. The van der Waals surface area contributed by atoms with Gasteiger partial charge >= 0.3 is 5.97 Å². The normalized spacial score (nSPS) is 20.7. The van der Waals surface area contributed by atoms with Gasteiger partial charge in [0.25, 0.3) is 11.6 Å². The number of benzene rings is 1. The molecule has 1 aliphatic carbocycles. The van der Waals surface area contributed by atoms with Gasteiger partial charge in [-0.2, -0.15) is 0 Å². The minimum absolute atomic E-state index is 0.00174. The zero-order valence-corrected chi connectivity index (χ0v) is 16.8. The van der Waals surface area contributed by atoms with Crippen LogP contribution in [0.1, 0.15) is 36.8 Å². The van der Waals surface area contributed by atoms with Gasteiger partial charge in [-0.05, 0) is 43.9 Å². The lowest BCUT2D eigenvalue weighted by molar-refractivity contribution is -0.384. The summed E-state index contributed by atoms with van der Waals surface area (Å²) in [6.45, 7) is 2.23. The average Bonchev–Trinajstić information content (AvgIpc) is 2.94. The van der Waals surface area contributed by atoms with Crippen molar-refractivity contribution in [1.29, 1.82) is 0 Å². The number of fused-ring (bicyclic) bond motifs is 1. The molecule has 0 radical (unpaired) electrons. The summed E-state index contributed by atoms with van der Waals surface area (Å²) in [5.41, 5.74) is 1.18. The molecule has 1 N–H and O–H groups in total. The number of hydrogen-bond acceptors (Lipinski definition) is 7. The lowest BCUT2D eigenvalue weighted by Gasteiger charge is -2.19. The van der Waals surface area contributed by atoms with Gasteiger partial charge in [-0.15, -0.1) is 0 Å². The van der Waals surface area contributed by atoms with Crippen LogP contribution in [0.3, 0.4) is 0 Å². The van der Waals surface area contributed by atoms with Gasteiger partial charge in [-0.1, -0.05) is 12.8 Å². The van der Waals surface area contributed by atoms with E-state index in [0.29, 0.717) is 18.4 Å². The Morgan fingerprint density at radius 3 is 2.27 bits per heavy atom. The molecule has 10 heteroatoms. The first-order valence-electron chi connectivity index (χ1n) is 9.75. The molecular weight excluding hydrogens is 394 g/mol. The maximum atomic E-state index is 12.4. The van der Waals surface area contributed by atoms with Gasteiger partial charge in [-0.3, -0.25) is 34.2 Å². The molecule has 3 amide bonds. The van der Waals surface area contributed by atoms with Gasteiger partial charge in [0.05, 0.1) is 16.8 Å². The fourth-order valence-electron chi connectivity index (χ4n) is 3.95. The van der Waals surface area contributed by atoms with Gasteiger partial charge in [-0.25, -0.2) is 0 Å². The van der Waals surface area contributed by atoms with Crippen LogP contribution < -0.4 is 5.32 Å². The number of amides is 3. The second kappa shape index (κ2) is 8.60. The molecule has 1 aromatic carbocycles. The molecule has 1 aromatic rings. The Balaban J connectivity index is 1.56. The summed E-state index contributed by atoms with van der Waals surface area (Å²) in [6.07, 6.45) is 3.03. The van der Waals surface area contributed by atoms with Crippen molar-refractivity contribution >= 4 is 35.1 Å². The molecule has 2 aliphatic rings. The lowest BCUT2D eigenvalue weighted by Crippen LogP contribution is -2.37. The van der Waals surface area contributed by atoms with Crippen molar-refractivity contribution in [3.05, 3.63) is 33.4 Å². The Kier molecular flexibility index (Phi) is 6.14. The molecule has 1 heterocycles. The summed E-state index contributed by atoms with van der Waals surface area (Å²) in [6, 6.07) is 2.82. The third kappa shape index (κ3) is 4.32. The smallest absolute Gasteiger partial charge is 0.326 e. The number of nitrogens with zero attached hydrogens (tertiary/aromatic N) is 2. The van der Waals surface area contributed by atoms with Gasteiger partial charge in [0.15, 0.2) is 6.61 Å². The number of nitro groups is 1. The number of aryl methyl sites for hydroxylation is 2. The number of nitro benzene ring substituents is 1. The lowest BCUT2D eigenvalue weighted by atomic mass is 9.81. The summed E-state index contributed by atoms with van der Waals surface area (Å²) in [5.74, 6) is -3.11. The number of likely N-dealkylation sites (tertiary alicyclic amines) is 1. The number of carbonyl (C=O) groups is 4. The highest BCUT2D eigenvalue weighted by Gasteiger charge is 2.48. The van der Waals surface area contributed by atoms with Crippen molar-refractivity contribution in [1.82, 2.24) is 4.90 Å². The molecule has 0 spiro atoms. The second-order valence-corrected chi connectivity index (χ2v) is 7.68. The topological polar surface area (TPSA) is 136 Å². The van der Waals surface area contributed by atoms with Gasteiger partial charge in [0, 0.05) is 6.07 Å². The molecule has 2 atom stereocenters. The Bertz CT molecular complexity index is 903. The van der Waals surface area contributed by atoms with Crippen LogP contribution in [-0.4, -0.2) is 46.7 Å². The number of nitrogens with one attached hydrogen (secondary N) is 1. The number of ether oxygens (including phenoxy) is 1. The maximum Gasteiger partial charge on any atom is 0.326 e. The molecule has 2 unspecified atom stereocenters. The van der Waals surface area contributed by atoms with Crippen LogP contribution >= 0.6 is 0 Å². The van der Waals surface area contributed by atoms with E-state index in [1.54, 1.807) is 13.8 Å². The molecule has 1 aliphatic heterocycles. The third-order valence-corrected chi connectivity index (χ3v) is 5.67. The molecule has 160 valence electrons. The van der Waals surface area contributed by atoms with E-state index in [1.807, 2.05) is 0 Å². The van der Waals surface area contributed by atoms with E-state index in [-0.39, 0.29) is 35.0 Å². The number of imide groups is 1. The second-order valence-electron chi connectivity index (χ2n) is 7.68. The SMILES string of the molecule is Cc1cc(NC(=O)COC(=O)CN2C(=O)C3CCCCC3C2=O)c([N+](=O)[O-])cc1C. The van der Waals surface area contributed by atoms with E-state index < -0.39 is 30.0 Å². The molecule has 0 aromatic heterocycles. The molecule has 1 saturated carbocycles. The van der Waals surface area contributed by atoms with Crippen LogP contribution in [0.2, 0.25) is 0 Å². The van der Waals surface area contributed by atoms with E-state index in [2.05, 4.69) is 5.32 Å². The number of rotatable bonds is 6. The Morgan fingerprint density at radius 2 is 1.70 bits per heavy atom. The van der Waals surface area contributed by atoms with E-state index >= 15 is 0 Å². The first-order valence-corrected chi connectivity index (χ1v) is 9.75. The van der Waals surface area contributed by atoms with E-state index in [1.165, 1.54) is 12.1 Å². The standard InChI is InChI=1S/C20H23N3O7/c1-11-7-15(16(23(28)29)8-12(11)2)21-17(24)10-30-18(25)9-22-19(26)13-5-3-4-6-14(13)20(22)27/h7-8,13-14H,3-6,9-10H2,1-2H3,(H,21,24). The fraction of sp³-hybridized carbons (Fsp3) is 0.500. The molecule has 3 rings (SSSR count). The number of anilines is 1.